The summed E-state index contributed by atoms with van der Waals surface area (Å²) in [6.45, 7) is 5.91. The number of hydrogen-bond donors (Lipinski definition) is 2. The second-order valence-electron chi connectivity index (χ2n) is 5.43. The van der Waals surface area contributed by atoms with Gasteiger partial charge in [0.05, 0.1) is 6.33 Å². The van der Waals surface area contributed by atoms with Crippen LogP contribution >= 0.6 is 24.0 Å². The third-order valence-corrected chi connectivity index (χ3v) is 3.59. The largest absolute Gasteiger partial charge is 0.354 e. The highest BCUT2D eigenvalue weighted by atomic mass is 127. The van der Waals surface area contributed by atoms with E-state index in [9.17, 15) is 0 Å². The maximum Gasteiger partial charge on any atom is 0.191 e. The van der Waals surface area contributed by atoms with Gasteiger partial charge in [-0.25, -0.2) is 4.98 Å². The van der Waals surface area contributed by atoms with Gasteiger partial charge >= 0.3 is 0 Å². The van der Waals surface area contributed by atoms with Gasteiger partial charge in [0.25, 0.3) is 0 Å². The quantitative estimate of drug-likeness (QED) is 0.424. The number of aromatic nitrogens is 2. The van der Waals surface area contributed by atoms with Crippen molar-refractivity contribution >= 4 is 29.9 Å². The summed E-state index contributed by atoms with van der Waals surface area (Å²) < 4.78 is 2.07. The van der Waals surface area contributed by atoms with E-state index in [0.717, 1.165) is 25.5 Å². The van der Waals surface area contributed by atoms with Crippen LogP contribution in [0.3, 0.4) is 0 Å². The number of imidazole rings is 1. The molecule has 1 aromatic heterocycles. The van der Waals surface area contributed by atoms with Gasteiger partial charge in [0.15, 0.2) is 5.96 Å². The van der Waals surface area contributed by atoms with Crippen LogP contribution in [0.25, 0.3) is 0 Å². The van der Waals surface area contributed by atoms with Crippen molar-refractivity contribution in [3.05, 3.63) is 54.1 Å². The highest BCUT2D eigenvalue weighted by Gasteiger charge is 2.03. The maximum atomic E-state index is 4.26. The first-order valence-electron chi connectivity index (χ1n) is 7.72. The van der Waals surface area contributed by atoms with Crippen molar-refractivity contribution in [2.75, 3.05) is 7.05 Å². The number of aliphatic imine (C=N–C) groups is 1. The van der Waals surface area contributed by atoms with Crippen LogP contribution in [0.15, 0.2) is 48.0 Å². The summed E-state index contributed by atoms with van der Waals surface area (Å²) in [4.78, 5) is 8.33. The molecule has 0 aliphatic carbocycles. The van der Waals surface area contributed by atoms with Crippen LogP contribution < -0.4 is 10.6 Å². The highest BCUT2D eigenvalue weighted by molar-refractivity contribution is 14.0. The fourth-order valence-electron chi connectivity index (χ4n) is 2.14. The van der Waals surface area contributed by atoms with E-state index in [-0.39, 0.29) is 24.0 Å². The van der Waals surface area contributed by atoms with Gasteiger partial charge in [0.2, 0.25) is 0 Å². The topological polar surface area (TPSA) is 54.2 Å². The van der Waals surface area contributed by atoms with E-state index in [1.54, 1.807) is 13.2 Å². The minimum absolute atomic E-state index is 0. The summed E-state index contributed by atoms with van der Waals surface area (Å²) in [5.41, 5.74) is 2.51. The van der Waals surface area contributed by atoms with Crippen molar-refractivity contribution in [1.82, 2.24) is 20.2 Å². The summed E-state index contributed by atoms with van der Waals surface area (Å²) in [5, 5.41) is 6.72. The van der Waals surface area contributed by atoms with Crippen LogP contribution in [0.4, 0.5) is 0 Å². The fraction of sp³-hybridized carbons (Fsp3) is 0.412. The van der Waals surface area contributed by atoms with Crippen LogP contribution in [0.2, 0.25) is 0 Å². The fourth-order valence-corrected chi connectivity index (χ4v) is 2.14. The molecule has 0 fully saturated rings. The molecular formula is C17H26IN5. The lowest BCUT2D eigenvalue weighted by molar-refractivity contribution is 0.624. The van der Waals surface area contributed by atoms with E-state index < -0.39 is 0 Å². The number of halogens is 1. The van der Waals surface area contributed by atoms with E-state index >= 15 is 0 Å². The Balaban J connectivity index is 0.00000264. The maximum absolute atomic E-state index is 4.26. The highest BCUT2D eigenvalue weighted by Crippen LogP contribution is 2.07. The van der Waals surface area contributed by atoms with Crippen LogP contribution in [0.1, 0.15) is 31.4 Å². The smallest absolute Gasteiger partial charge is 0.191 e. The average Bonchev–Trinajstić information content (AvgIpc) is 3.04. The summed E-state index contributed by atoms with van der Waals surface area (Å²) in [6, 6.07) is 8.98. The zero-order chi connectivity index (χ0) is 15.8. The summed E-state index contributed by atoms with van der Waals surface area (Å²) >= 11 is 0. The molecule has 2 N–H and O–H groups in total. The molecule has 0 bridgehead atoms. The second-order valence-corrected chi connectivity index (χ2v) is 5.43. The molecule has 0 amide bonds. The molecule has 0 saturated heterocycles. The van der Waals surface area contributed by atoms with Crippen molar-refractivity contribution in [3.63, 3.8) is 0 Å². The Hall–Kier alpha value is -1.57. The molecule has 126 valence electrons. The van der Waals surface area contributed by atoms with Gasteiger partial charge in [-0.05, 0) is 24.5 Å². The van der Waals surface area contributed by atoms with Crippen LogP contribution in [-0.4, -0.2) is 28.6 Å². The Morgan fingerprint density at radius 1 is 1.35 bits per heavy atom. The number of rotatable bonds is 6. The van der Waals surface area contributed by atoms with E-state index in [4.69, 9.17) is 0 Å². The van der Waals surface area contributed by atoms with Gasteiger partial charge in [-0.1, -0.05) is 31.2 Å². The molecule has 2 rings (SSSR count). The third-order valence-electron chi connectivity index (χ3n) is 3.59. The van der Waals surface area contributed by atoms with Crippen molar-refractivity contribution in [2.24, 2.45) is 4.99 Å². The average molecular weight is 427 g/mol. The Bertz CT molecular complexity index is 595. The lowest BCUT2D eigenvalue weighted by Crippen LogP contribution is -2.41. The monoisotopic (exact) mass is 427 g/mol. The van der Waals surface area contributed by atoms with Crippen LogP contribution in [0.5, 0.6) is 0 Å². The lowest BCUT2D eigenvalue weighted by Gasteiger charge is -2.16. The standard InChI is InChI=1S/C17H25N5.HI/c1-4-14(2)21-17(18-3)20-11-15-6-5-7-16(10-15)12-22-9-8-19-13-22;/h5-10,13-14H,4,11-12H2,1-3H3,(H2,18,20,21);1H. The van der Waals surface area contributed by atoms with Crippen molar-refractivity contribution in [2.45, 2.75) is 39.4 Å². The molecular weight excluding hydrogens is 401 g/mol. The molecule has 0 spiro atoms. The SMILES string of the molecule is CCC(C)NC(=NC)NCc1cccc(Cn2ccnc2)c1.I. The molecule has 1 aromatic carbocycles. The number of nitrogens with one attached hydrogen (secondary N) is 2. The molecule has 0 saturated carbocycles. The van der Waals surface area contributed by atoms with Gasteiger partial charge in [-0.15, -0.1) is 24.0 Å². The van der Waals surface area contributed by atoms with Crippen molar-refractivity contribution in [1.29, 1.82) is 0 Å². The van der Waals surface area contributed by atoms with E-state index in [1.165, 1.54) is 11.1 Å². The predicted molar refractivity (Wildman–Crippen MR) is 106 cm³/mol. The molecule has 0 aliphatic heterocycles. The Morgan fingerprint density at radius 2 is 2.13 bits per heavy atom. The molecule has 0 radical (unpaired) electrons. The second kappa shape index (κ2) is 10.3. The first kappa shape index (κ1) is 19.5. The lowest BCUT2D eigenvalue weighted by atomic mass is 10.1. The molecule has 1 unspecified atom stereocenters. The van der Waals surface area contributed by atoms with Gasteiger partial charge in [0, 0.05) is 38.6 Å². The molecule has 6 heteroatoms. The van der Waals surface area contributed by atoms with Gasteiger partial charge in [-0.2, -0.15) is 0 Å². The molecule has 1 heterocycles. The molecule has 23 heavy (non-hydrogen) atoms. The van der Waals surface area contributed by atoms with Gasteiger partial charge < -0.3 is 15.2 Å². The predicted octanol–water partition coefficient (Wildman–Crippen LogP) is 3.01. The first-order valence-corrected chi connectivity index (χ1v) is 7.72. The third kappa shape index (κ3) is 6.60. The van der Waals surface area contributed by atoms with Crippen LogP contribution in [0, 0.1) is 0 Å². The normalized spacial score (nSPS) is 12.4. The Labute approximate surface area is 155 Å². The summed E-state index contributed by atoms with van der Waals surface area (Å²) in [7, 11) is 1.80. The number of nitrogens with zero attached hydrogens (tertiary/aromatic N) is 3. The zero-order valence-electron chi connectivity index (χ0n) is 14.0. The Kier molecular flexibility index (Phi) is 8.68. The van der Waals surface area contributed by atoms with Crippen molar-refractivity contribution < 1.29 is 0 Å². The van der Waals surface area contributed by atoms with Gasteiger partial charge in [-0.3, -0.25) is 4.99 Å². The van der Waals surface area contributed by atoms with Gasteiger partial charge in [0.1, 0.15) is 0 Å². The molecule has 0 aliphatic rings. The minimum Gasteiger partial charge on any atom is -0.354 e. The van der Waals surface area contributed by atoms with Crippen molar-refractivity contribution in [3.8, 4) is 0 Å². The van der Waals surface area contributed by atoms with E-state index in [1.807, 2.05) is 12.5 Å². The number of guanidine groups is 1. The minimum atomic E-state index is 0. The summed E-state index contributed by atoms with van der Waals surface area (Å²) in [6.07, 6.45) is 6.68. The van der Waals surface area contributed by atoms with Crippen LogP contribution in [-0.2, 0) is 13.1 Å². The van der Waals surface area contributed by atoms with E-state index in [2.05, 4.69) is 63.3 Å². The molecule has 5 nitrogen and oxygen atoms in total. The number of hydrogen-bond acceptors (Lipinski definition) is 2. The summed E-state index contributed by atoms with van der Waals surface area (Å²) in [5.74, 6) is 0.842. The first-order chi connectivity index (χ1) is 10.7. The number of benzene rings is 1. The Morgan fingerprint density at radius 3 is 2.78 bits per heavy atom. The van der Waals surface area contributed by atoms with E-state index in [0.29, 0.717) is 6.04 Å². The molecule has 2 aromatic rings. The zero-order valence-corrected chi connectivity index (χ0v) is 16.3. The molecule has 1 atom stereocenters.